The number of aryl methyl sites for hydroxylation is 2. The SMILES string of the molecule is CN/N=C(\N)c1cc2c(nc1C)N[C@@]1(CC2)CCN(C(=O)[C@H](C)c2ccc(OC(F)F)nc2)C1. The Labute approximate surface area is 196 Å². The smallest absolute Gasteiger partial charge is 0.388 e. The molecule has 1 spiro atoms. The predicted molar refractivity (Wildman–Crippen MR) is 124 cm³/mol. The monoisotopic (exact) mass is 473 g/mol. The van der Waals surface area contributed by atoms with E-state index >= 15 is 0 Å². The minimum Gasteiger partial charge on any atom is -0.417 e. The predicted octanol–water partition coefficient (Wildman–Crippen LogP) is 2.36. The van der Waals surface area contributed by atoms with Crippen molar-refractivity contribution in [3.05, 3.63) is 46.8 Å². The molecular weight excluding hydrogens is 444 g/mol. The van der Waals surface area contributed by atoms with E-state index in [0.29, 0.717) is 24.5 Å². The van der Waals surface area contributed by atoms with Gasteiger partial charge in [0.05, 0.1) is 17.2 Å². The highest BCUT2D eigenvalue weighted by molar-refractivity contribution is 5.98. The third-order valence-electron chi connectivity index (χ3n) is 6.56. The van der Waals surface area contributed by atoms with Crippen molar-refractivity contribution in [2.45, 2.75) is 51.2 Å². The van der Waals surface area contributed by atoms with Crippen LogP contribution in [0.2, 0.25) is 0 Å². The van der Waals surface area contributed by atoms with Gasteiger partial charge in [-0.25, -0.2) is 9.97 Å². The van der Waals surface area contributed by atoms with E-state index in [1.807, 2.05) is 17.9 Å². The van der Waals surface area contributed by atoms with Gasteiger partial charge in [-0.05, 0) is 50.3 Å². The minimum absolute atomic E-state index is 0.0238. The van der Waals surface area contributed by atoms with Crippen LogP contribution < -0.4 is 21.2 Å². The van der Waals surface area contributed by atoms with Gasteiger partial charge in [-0.3, -0.25) is 4.79 Å². The Bertz CT molecular complexity index is 1090. The fourth-order valence-corrected chi connectivity index (χ4v) is 4.67. The lowest BCUT2D eigenvalue weighted by molar-refractivity contribution is -0.131. The number of rotatable bonds is 6. The molecule has 0 radical (unpaired) electrons. The topological polar surface area (TPSA) is 118 Å². The molecule has 34 heavy (non-hydrogen) atoms. The van der Waals surface area contributed by atoms with E-state index in [4.69, 9.17) is 10.7 Å². The van der Waals surface area contributed by atoms with Crippen molar-refractivity contribution in [1.82, 2.24) is 20.3 Å². The highest BCUT2D eigenvalue weighted by Gasteiger charge is 2.43. The molecule has 0 saturated carbocycles. The number of alkyl halides is 2. The number of pyridine rings is 2. The number of likely N-dealkylation sites (tertiary alicyclic amines) is 1. The van der Waals surface area contributed by atoms with Crippen LogP contribution in [0.3, 0.4) is 0 Å². The van der Waals surface area contributed by atoms with Crippen molar-refractivity contribution < 1.29 is 18.3 Å². The molecule has 0 bridgehead atoms. The van der Waals surface area contributed by atoms with E-state index in [1.54, 1.807) is 20.0 Å². The molecule has 0 unspecified atom stereocenters. The zero-order chi connectivity index (χ0) is 24.5. The number of aromatic nitrogens is 2. The first-order valence-electron chi connectivity index (χ1n) is 11.2. The van der Waals surface area contributed by atoms with Crippen molar-refractivity contribution in [3.63, 3.8) is 0 Å². The Balaban J connectivity index is 1.44. The number of anilines is 1. The van der Waals surface area contributed by atoms with E-state index in [2.05, 4.69) is 25.6 Å². The van der Waals surface area contributed by atoms with E-state index in [1.165, 1.54) is 12.3 Å². The molecular formula is C23H29F2N7O2. The van der Waals surface area contributed by atoms with Crippen LogP contribution in [0.25, 0.3) is 0 Å². The summed E-state index contributed by atoms with van der Waals surface area (Å²) in [5.41, 5.74) is 11.8. The number of halogens is 2. The molecule has 2 aromatic rings. The van der Waals surface area contributed by atoms with Gasteiger partial charge in [0.25, 0.3) is 0 Å². The third kappa shape index (κ3) is 4.73. The molecule has 4 heterocycles. The number of ether oxygens (including phenoxy) is 1. The zero-order valence-electron chi connectivity index (χ0n) is 19.4. The maximum atomic E-state index is 13.2. The normalized spacial score (nSPS) is 20.8. The van der Waals surface area contributed by atoms with Crippen molar-refractivity contribution in [1.29, 1.82) is 0 Å². The second-order valence-corrected chi connectivity index (χ2v) is 8.79. The number of fused-ring (bicyclic) bond motifs is 1. The van der Waals surface area contributed by atoms with Crippen LogP contribution in [-0.2, 0) is 11.2 Å². The van der Waals surface area contributed by atoms with Crippen LogP contribution in [0.1, 0.15) is 48.1 Å². The molecule has 0 aromatic carbocycles. The standard InChI is InChI=1S/C23H29F2N7O2/c1-13(16-4-5-18(28-11-16)34-22(24)25)21(33)32-9-8-23(12-32)7-6-15-10-17(19(26)31-27-3)14(2)29-20(15)30-23/h4-5,10-11,13,22,27H,6-9,12H2,1-3H3,(H2,26,31)(H,29,30)/t13-,23+/m1/s1. The number of amides is 1. The first-order valence-corrected chi connectivity index (χ1v) is 11.2. The summed E-state index contributed by atoms with van der Waals surface area (Å²) in [6, 6.07) is 4.98. The summed E-state index contributed by atoms with van der Waals surface area (Å²) >= 11 is 0. The lowest BCUT2D eigenvalue weighted by Crippen LogP contribution is -2.46. The number of hydrogen-bond donors (Lipinski definition) is 3. The molecule has 182 valence electrons. The second kappa shape index (κ2) is 9.40. The van der Waals surface area contributed by atoms with Crippen LogP contribution in [0.4, 0.5) is 14.6 Å². The van der Waals surface area contributed by atoms with Gasteiger partial charge in [0.2, 0.25) is 11.8 Å². The lowest BCUT2D eigenvalue weighted by Gasteiger charge is -2.36. The van der Waals surface area contributed by atoms with Crippen molar-refractivity contribution in [2.24, 2.45) is 10.8 Å². The molecule has 1 saturated heterocycles. The summed E-state index contributed by atoms with van der Waals surface area (Å²) in [6.45, 7) is 1.96. The number of nitrogens with one attached hydrogen (secondary N) is 2. The number of hydrogen-bond acceptors (Lipinski definition) is 7. The van der Waals surface area contributed by atoms with E-state index in [0.717, 1.165) is 41.9 Å². The van der Waals surface area contributed by atoms with Crippen LogP contribution >= 0.6 is 0 Å². The van der Waals surface area contributed by atoms with Crippen molar-refractivity contribution in [2.75, 3.05) is 25.5 Å². The van der Waals surface area contributed by atoms with Crippen LogP contribution in [0, 0.1) is 6.92 Å². The van der Waals surface area contributed by atoms with Gasteiger partial charge in [0.15, 0.2) is 5.84 Å². The molecule has 1 amide bonds. The molecule has 11 heteroatoms. The van der Waals surface area contributed by atoms with E-state index < -0.39 is 12.5 Å². The Morgan fingerprint density at radius 3 is 2.85 bits per heavy atom. The number of hydrazone groups is 1. The summed E-state index contributed by atoms with van der Waals surface area (Å²) in [7, 11) is 1.70. The number of nitrogens with zero attached hydrogens (tertiary/aromatic N) is 4. The maximum absolute atomic E-state index is 13.2. The molecule has 4 N–H and O–H groups in total. The van der Waals surface area contributed by atoms with Gasteiger partial charge >= 0.3 is 6.61 Å². The highest BCUT2D eigenvalue weighted by atomic mass is 19.3. The van der Waals surface area contributed by atoms with E-state index in [9.17, 15) is 13.6 Å². The Morgan fingerprint density at radius 1 is 1.38 bits per heavy atom. The average Bonchev–Trinajstić information content (AvgIpc) is 3.21. The Morgan fingerprint density at radius 2 is 2.18 bits per heavy atom. The zero-order valence-corrected chi connectivity index (χ0v) is 19.4. The molecule has 9 nitrogen and oxygen atoms in total. The fraction of sp³-hybridized carbons (Fsp3) is 0.478. The lowest BCUT2D eigenvalue weighted by atomic mass is 9.86. The van der Waals surface area contributed by atoms with Gasteiger partial charge in [0.1, 0.15) is 5.82 Å². The minimum atomic E-state index is -2.94. The van der Waals surface area contributed by atoms with Gasteiger partial charge in [0, 0.05) is 38.0 Å². The van der Waals surface area contributed by atoms with Gasteiger partial charge in [-0.15, -0.1) is 0 Å². The maximum Gasteiger partial charge on any atom is 0.388 e. The molecule has 2 aliphatic rings. The van der Waals surface area contributed by atoms with E-state index in [-0.39, 0.29) is 17.3 Å². The summed E-state index contributed by atoms with van der Waals surface area (Å²) in [6.07, 6.45) is 3.92. The molecule has 0 aliphatic carbocycles. The highest BCUT2D eigenvalue weighted by Crippen LogP contribution is 2.37. The van der Waals surface area contributed by atoms with Crippen LogP contribution in [0.5, 0.6) is 5.88 Å². The number of nitrogens with two attached hydrogens (primary N) is 1. The van der Waals surface area contributed by atoms with Gasteiger partial charge < -0.3 is 26.1 Å². The van der Waals surface area contributed by atoms with Gasteiger partial charge in [-0.2, -0.15) is 13.9 Å². The first kappa shape index (κ1) is 23.7. The van der Waals surface area contributed by atoms with Crippen LogP contribution in [-0.4, -0.2) is 58.9 Å². The van der Waals surface area contributed by atoms with Crippen LogP contribution in [0.15, 0.2) is 29.5 Å². The molecule has 2 aliphatic heterocycles. The number of carbonyl (C=O) groups excluding carboxylic acids is 1. The summed E-state index contributed by atoms with van der Waals surface area (Å²) < 4.78 is 29.0. The molecule has 2 aromatic heterocycles. The Hall–Kier alpha value is -3.50. The molecule has 4 rings (SSSR count). The summed E-state index contributed by atoms with van der Waals surface area (Å²) in [4.78, 5) is 23.7. The second-order valence-electron chi connectivity index (χ2n) is 8.79. The Kier molecular flexibility index (Phi) is 6.54. The number of carbonyl (C=O) groups is 1. The molecule has 1 fully saturated rings. The summed E-state index contributed by atoms with van der Waals surface area (Å²) in [5.74, 6) is 0.575. The largest absolute Gasteiger partial charge is 0.417 e. The average molecular weight is 474 g/mol. The number of amidine groups is 1. The van der Waals surface area contributed by atoms with Gasteiger partial charge in [-0.1, -0.05) is 6.07 Å². The fourth-order valence-electron chi connectivity index (χ4n) is 4.67. The van der Waals surface area contributed by atoms with Crippen molar-refractivity contribution in [3.8, 4) is 5.88 Å². The quantitative estimate of drug-likeness (QED) is 0.335. The summed E-state index contributed by atoms with van der Waals surface area (Å²) in [5, 5.41) is 7.66. The molecule has 2 atom stereocenters. The third-order valence-corrected chi connectivity index (χ3v) is 6.56. The van der Waals surface area contributed by atoms with Crippen molar-refractivity contribution >= 4 is 17.6 Å². The first-order chi connectivity index (χ1) is 16.2.